The Kier molecular flexibility index (Phi) is 6.36. The summed E-state index contributed by atoms with van der Waals surface area (Å²) in [7, 11) is 1.36. The second-order valence-electron chi connectivity index (χ2n) is 5.25. The van der Waals surface area contributed by atoms with E-state index >= 15 is 0 Å². The third-order valence-corrected chi connectivity index (χ3v) is 3.61. The average molecular weight is 373 g/mol. The molecule has 1 atom stereocenters. The van der Waals surface area contributed by atoms with Gasteiger partial charge in [-0.2, -0.15) is 0 Å². The average Bonchev–Trinajstić information content (AvgIpc) is 2.64. The lowest BCUT2D eigenvalue weighted by atomic mass is 10.1. The van der Waals surface area contributed by atoms with Gasteiger partial charge in [0.15, 0.2) is 0 Å². The zero-order chi connectivity index (χ0) is 12.9. The van der Waals surface area contributed by atoms with E-state index in [1.165, 1.54) is 9.21 Å². The molecule has 1 fully saturated rings. The molecule has 1 aliphatic rings. The molecule has 0 radical (unpaired) electrons. The van der Waals surface area contributed by atoms with E-state index in [-0.39, 0.29) is 6.09 Å². The number of likely N-dealkylation sites (tertiary alicyclic amines) is 1. The third-order valence-electron chi connectivity index (χ3n) is 2.59. The van der Waals surface area contributed by atoms with Crippen LogP contribution in [-0.2, 0) is 8.92 Å². The van der Waals surface area contributed by atoms with Gasteiger partial charge >= 0.3 is 6.09 Å². The summed E-state index contributed by atoms with van der Waals surface area (Å²) < 4.78 is 10.6. The molecule has 0 saturated carbocycles. The van der Waals surface area contributed by atoms with Crippen LogP contribution >= 0.6 is 30.4 Å². The van der Waals surface area contributed by atoms with Gasteiger partial charge in [0.25, 0.3) is 0 Å². The quantitative estimate of drug-likeness (QED) is 0.429. The van der Waals surface area contributed by atoms with Crippen LogP contribution in [0.25, 0.3) is 0 Å². The van der Waals surface area contributed by atoms with Crippen molar-refractivity contribution in [3.8, 4) is 0 Å². The molecule has 0 aliphatic carbocycles. The minimum Gasteiger partial charge on any atom is -0.444 e. The summed E-state index contributed by atoms with van der Waals surface area (Å²) in [5.74, 6) is 0.547. The van der Waals surface area contributed by atoms with Gasteiger partial charge in [0.2, 0.25) is 0 Å². The maximum absolute atomic E-state index is 11.8. The molecule has 0 aromatic rings. The highest BCUT2D eigenvalue weighted by atomic mass is 127. The predicted molar refractivity (Wildman–Crippen MR) is 78.1 cm³/mol. The highest BCUT2D eigenvalue weighted by Gasteiger charge is 2.29. The highest BCUT2D eigenvalue weighted by Crippen LogP contribution is 2.23. The Hall–Kier alpha value is 0.310. The van der Waals surface area contributed by atoms with E-state index < -0.39 is 5.60 Å². The van der Waals surface area contributed by atoms with Crippen molar-refractivity contribution in [3.05, 3.63) is 0 Å². The number of carbonyl (C=O) groups is 1. The van der Waals surface area contributed by atoms with Gasteiger partial charge in [-0.1, -0.05) is 0 Å². The van der Waals surface area contributed by atoms with E-state index in [1.807, 2.05) is 20.8 Å². The van der Waals surface area contributed by atoms with E-state index in [1.54, 1.807) is 4.90 Å². The maximum Gasteiger partial charge on any atom is 0.410 e. The Morgan fingerprint density at radius 3 is 2.82 bits per heavy atom. The van der Waals surface area contributed by atoms with Gasteiger partial charge in [0.1, 0.15) is 5.60 Å². The Morgan fingerprint density at radius 1 is 1.53 bits per heavy atom. The topological polar surface area (TPSA) is 38.8 Å². The van der Waals surface area contributed by atoms with Gasteiger partial charge < -0.3 is 13.8 Å². The first-order chi connectivity index (χ1) is 7.92. The lowest BCUT2D eigenvalue weighted by Gasteiger charge is -2.24. The number of nitrogens with zero attached hydrogens (tertiary/aromatic N) is 1. The van der Waals surface area contributed by atoms with Crippen molar-refractivity contribution in [2.45, 2.75) is 39.2 Å². The molecule has 4 nitrogen and oxygen atoms in total. The van der Waals surface area contributed by atoms with Crippen LogP contribution < -0.4 is 0 Å². The van der Waals surface area contributed by atoms with E-state index in [9.17, 15) is 4.79 Å². The number of ether oxygens (including phenoxy) is 1. The molecule has 17 heavy (non-hydrogen) atoms. The van der Waals surface area contributed by atoms with Crippen LogP contribution in [0.15, 0.2) is 0 Å². The third kappa shape index (κ3) is 6.15. The van der Waals surface area contributed by atoms with Crippen molar-refractivity contribution in [2.24, 2.45) is 5.92 Å². The molecule has 0 aromatic heterocycles. The minimum absolute atomic E-state index is 0.191. The molecule has 1 unspecified atom stereocenters. The van der Waals surface area contributed by atoms with E-state index in [4.69, 9.17) is 8.92 Å². The Morgan fingerprint density at radius 2 is 2.24 bits per heavy atom. The maximum atomic E-state index is 11.8. The van der Waals surface area contributed by atoms with Gasteiger partial charge in [0, 0.05) is 34.3 Å². The van der Waals surface area contributed by atoms with Crippen LogP contribution in [0.2, 0.25) is 0 Å². The summed E-state index contributed by atoms with van der Waals surface area (Å²) in [5.41, 5.74) is -0.407. The van der Waals surface area contributed by atoms with Crippen molar-refractivity contribution in [1.29, 1.82) is 0 Å². The molecule has 0 N–H and O–H groups in total. The smallest absolute Gasteiger partial charge is 0.410 e. The van der Waals surface area contributed by atoms with E-state index in [2.05, 4.69) is 21.2 Å². The Bertz CT molecular complexity index is 258. The Labute approximate surface area is 120 Å². The number of hydrogen-bond acceptors (Lipinski definition) is 4. The van der Waals surface area contributed by atoms with Crippen LogP contribution in [0.1, 0.15) is 33.6 Å². The number of hydrogen-bond donors (Lipinski definition) is 0. The standard InChI is InChI=1S/C11H20INO3S/c1-11(2,3)16-10(14)13-6-4-9(8-13)5-7-15-17-12/h9H,4-8H2,1-3H3. The number of rotatable bonds is 4. The number of halogens is 1. The van der Waals surface area contributed by atoms with Gasteiger partial charge in [-0.25, -0.2) is 4.79 Å². The number of carbonyl (C=O) groups excluding carboxylic acids is 1. The van der Waals surface area contributed by atoms with Gasteiger partial charge in [0.05, 0.1) is 15.8 Å². The molecule has 0 aromatic carbocycles. The second kappa shape index (κ2) is 7.04. The first-order valence-corrected chi connectivity index (χ1v) is 9.09. The van der Waals surface area contributed by atoms with Crippen LogP contribution in [0.5, 0.6) is 0 Å². The first-order valence-electron chi connectivity index (χ1n) is 5.80. The van der Waals surface area contributed by atoms with Gasteiger partial charge in [-0.15, -0.1) is 0 Å². The summed E-state index contributed by atoms with van der Waals surface area (Å²) in [5, 5.41) is 0. The zero-order valence-corrected chi connectivity index (χ0v) is 13.5. The van der Waals surface area contributed by atoms with E-state index in [0.717, 1.165) is 32.5 Å². The first kappa shape index (κ1) is 15.4. The predicted octanol–water partition coefficient (Wildman–Crippen LogP) is 3.65. The monoisotopic (exact) mass is 373 g/mol. The fourth-order valence-electron chi connectivity index (χ4n) is 1.81. The molecule has 1 heterocycles. The fraction of sp³-hybridized carbons (Fsp3) is 0.909. The van der Waals surface area contributed by atoms with E-state index in [0.29, 0.717) is 5.92 Å². The van der Waals surface area contributed by atoms with Crippen LogP contribution in [0, 0.1) is 5.92 Å². The van der Waals surface area contributed by atoms with Crippen LogP contribution in [0.4, 0.5) is 4.79 Å². The Balaban J connectivity index is 2.27. The van der Waals surface area contributed by atoms with Crippen LogP contribution in [0.3, 0.4) is 0 Å². The number of amides is 1. The van der Waals surface area contributed by atoms with Gasteiger partial charge in [-0.05, 0) is 39.5 Å². The summed E-state index contributed by atoms with van der Waals surface area (Å²) in [6.45, 7) is 8.03. The molecular formula is C11H20INO3S. The molecule has 100 valence electrons. The van der Waals surface area contributed by atoms with Crippen molar-refractivity contribution in [3.63, 3.8) is 0 Å². The van der Waals surface area contributed by atoms with Crippen LogP contribution in [-0.4, -0.2) is 36.3 Å². The molecule has 6 heteroatoms. The minimum atomic E-state index is -0.407. The molecule has 1 aliphatic heterocycles. The summed E-state index contributed by atoms with van der Waals surface area (Å²) in [4.78, 5) is 13.6. The SMILES string of the molecule is CC(C)(C)OC(=O)N1CCC(CCOSI)C1. The van der Waals surface area contributed by atoms with Crippen molar-refractivity contribution in [1.82, 2.24) is 4.90 Å². The molecule has 1 amide bonds. The van der Waals surface area contributed by atoms with Crippen molar-refractivity contribution in [2.75, 3.05) is 19.7 Å². The second-order valence-corrected chi connectivity index (χ2v) is 6.70. The molecular weight excluding hydrogens is 353 g/mol. The fourth-order valence-corrected chi connectivity index (χ4v) is 2.51. The lowest BCUT2D eigenvalue weighted by molar-refractivity contribution is 0.0287. The summed E-state index contributed by atoms with van der Waals surface area (Å²) >= 11 is 2.11. The molecule has 1 saturated heterocycles. The largest absolute Gasteiger partial charge is 0.444 e. The molecule has 0 spiro atoms. The van der Waals surface area contributed by atoms with Crippen molar-refractivity contribution < 1.29 is 13.7 Å². The summed E-state index contributed by atoms with van der Waals surface area (Å²) in [6.07, 6.45) is 1.87. The highest BCUT2D eigenvalue weighted by molar-refractivity contribution is 14.2. The molecule has 0 bridgehead atoms. The molecule has 1 rings (SSSR count). The van der Waals surface area contributed by atoms with Gasteiger partial charge in [-0.3, -0.25) is 0 Å². The zero-order valence-electron chi connectivity index (χ0n) is 10.6. The van der Waals surface area contributed by atoms with Crippen molar-refractivity contribution >= 4 is 36.5 Å². The normalized spacial score (nSPS) is 20.7. The summed E-state index contributed by atoms with van der Waals surface area (Å²) in [6, 6.07) is 0. The lowest BCUT2D eigenvalue weighted by Crippen LogP contribution is -2.35.